The first-order valence-electron chi connectivity index (χ1n) is 38.8. The predicted octanol–water partition coefficient (Wildman–Crippen LogP) is 32.6. The number of benzene rings is 11. The highest BCUT2D eigenvalue weighted by Gasteiger charge is 2.07. The van der Waals surface area contributed by atoms with Gasteiger partial charge < -0.3 is 0 Å². The fourth-order valence-electron chi connectivity index (χ4n) is 8.44. The quantitative estimate of drug-likeness (QED) is 0.128. The van der Waals surface area contributed by atoms with Crippen LogP contribution in [0.15, 0.2) is 313 Å². The number of aryl methyl sites for hydroxylation is 6. The van der Waals surface area contributed by atoms with Gasteiger partial charge in [0.2, 0.25) is 0 Å². The smallest absolute Gasteiger partial charge is 0.167 e. The summed E-state index contributed by atoms with van der Waals surface area (Å²) >= 11 is 1.79. The summed E-state index contributed by atoms with van der Waals surface area (Å²) in [5.41, 5.74) is 16.9. The summed E-state index contributed by atoms with van der Waals surface area (Å²) in [5.74, 6) is 0.337. The average molecular weight is 1410 g/mol. The molecule has 2 nitrogen and oxygen atoms in total. The number of Topliss-reactive ketones (excluding diaryl/α,β-unsaturated/α-hetero) is 2. The van der Waals surface area contributed by atoms with Gasteiger partial charge in [-0.2, -0.15) is 0 Å². The van der Waals surface area contributed by atoms with Crippen molar-refractivity contribution in [2.45, 2.75) is 230 Å². The number of hydrogen-bond acceptors (Lipinski definition) is 3. The Labute approximate surface area is 640 Å². The van der Waals surface area contributed by atoms with E-state index in [0.717, 1.165) is 22.3 Å². The van der Waals surface area contributed by atoms with Gasteiger partial charge in [-0.05, 0) is 99.2 Å². The van der Waals surface area contributed by atoms with E-state index in [1.807, 2.05) is 336 Å². The van der Waals surface area contributed by atoms with Gasteiger partial charge in [0.25, 0.3) is 0 Å². The molecule has 562 valence electrons. The van der Waals surface area contributed by atoms with Crippen LogP contribution in [0, 0.1) is 41.5 Å². The molecule has 0 spiro atoms. The van der Waals surface area contributed by atoms with Gasteiger partial charge in [0.15, 0.2) is 11.6 Å². The molecule has 0 aliphatic rings. The molecule has 0 N–H and O–H groups in total. The molecule has 0 unspecified atom stereocenters. The minimum atomic E-state index is 0.168. The summed E-state index contributed by atoms with van der Waals surface area (Å²) in [4.78, 5) is 26.2. The predicted molar refractivity (Wildman–Crippen MR) is 474 cm³/mol. The van der Waals surface area contributed by atoms with E-state index in [2.05, 4.69) is 175 Å². The molecule has 0 radical (unpaired) electrons. The maximum Gasteiger partial charge on any atom is 0.167 e. The molecular weight excluding hydrogens is 1270 g/mol. The Morgan fingerprint density at radius 3 is 0.621 bits per heavy atom. The molecule has 0 amide bonds. The molecule has 0 heterocycles. The molecule has 0 fully saturated rings. The Morgan fingerprint density at radius 2 is 0.398 bits per heavy atom. The normalized spacial score (nSPS) is 8.29. The van der Waals surface area contributed by atoms with E-state index in [9.17, 15) is 9.59 Å². The van der Waals surface area contributed by atoms with Crippen LogP contribution in [0.2, 0.25) is 0 Å². The molecular formula is C100H144O2S. The lowest BCUT2D eigenvalue weighted by Crippen LogP contribution is -2.02. The lowest BCUT2D eigenvalue weighted by molar-refractivity contribution is 0.0984. The lowest BCUT2D eigenvalue weighted by Gasteiger charge is -2.07. The molecule has 0 aliphatic heterocycles. The highest BCUT2D eigenvalue weighted by atomic mass is 32.2. The highest BCUT2D eigenvalue weighted by molar-refractivity contribution is 7.99. The molecule has 11 rings (SSSR count). The molecule has 0 aliphatic carbocycles. The zero-order chi connectivity index (χ0) is 79.9. The molecule has 0 bridgehead atoms. The second-order valence-corrected chi connectivity index (χ2v) is 20.4. The van der Waals surface area contributed by atoms with Crippen LogP contribution in [-0.2, 0) is 12.8 Å². The number of ketones is 2. The molecule has 103 heavy (non-hydrogen) atoms. The van der Waals surface area contributed by atoms with E-state index < -0.39 is 0 Å². The van der Waals surface area contributed by atoms with E-state index >= 15 is 0 Å². The van der Waals surface area contributed by atoms with E-state index in [0.29, 0.717) is 12.8 Å². The van der Waals surface area contributed by atoms with Gasteiger partial charge in [0.05, 0.1) is 0 Å². The summed E-state index contributed by atoms with van der Waals surface area (Å²) in [6.07, 6.45) is 0.954. The van der Waals surface area contributed by atoms with Crippen molar-refractivity contribution in [3.05, 3.63) is 359 Å². The molecule has 11 aromatic rings. The van der Waals surface area contributed by atoms with Crippen molar-refractivity contribution in [2.75, 3.05) is 0 Å². The monoisotopic (exact) mass is 1410 g/mol. The summed E-state index contributed by atoms with van der Waals surface area (Å²) in [6, 6.07) is 102. The third-order valence-electron chi connectivity index (χ3n) is 12.1. The molecule has 0 aromatic heterocycles. The SMILES string of the molecule is CC.CC.CC.CC.CC.CC.CC.CC.CC.CC.CC.CC.Cc1cc(C)cc(-c2cc(C)cc(C)c2)c1.Cc1cccc(-c2cccc(C)c2)c1.O=C(Cc1ccccc1)c1ccccc1.O=C(Cc1ccccc1)c1ccccc1.c1ccc(Sc2ccccc2)cc1.c1ccccc1. The van der Waals surface area contributed by atoms with Crippen molar-refractivity contribution in [3.8, 4) is 22.3 Å². The second-order valence-electron chi connectivity index (χ2n) is 19.3. The Bertz CT molecular complexity index is 3190. The van der Waals surface area contributed by atoms with E-state index in [1.54, 1.807) is 11.8 Å². The average Bonchev–Trinajstić information content (AvgIpc) is 0.843. The van der Waals surface area contributed by atoms with Crippen LogP contribution >= 0.6 is 11.8 Å². The summed E-state index contributed by atoms with van der Waals surface area (Å²) in [5, 5.41) is 0. The molecule has 0 atom stereocenters. The maximum absolute atomic E-state index is 11.8. The highest BCUT2D eigenvalue weighted by Crippen LogP contribution is 2.27. The first kappa shape index (κ1) is 108. The molecule has 3 heteroatoms. The van der Waals surface area contributed by atoms with Gasteiger partial charge in [-0.15, -0.1) is 0 Å². The van der Waals surface area contributed by atoms with Crippen molar-refractivity contribution in [1.82, 2.24) is 0 Å². The minimum Gasteiger partial charge on any atom is -0.294 e. The Morgan fingerprint density at radius 1 is 0.204 bits per heavy atom. The minimum absolute atomic E-state index is 0.168. The van der Waals surface area contributed by atoms with Crippen molar-refractivity contribution in [2.24, 2.45) is 0 Å². The molecule has 11 aromatic carbocycles. The van der Waals surface area contributed by atoms with Crippen molar-refractivity contribution < 1.29 is 9.59 Å². The zero-order valence-corrected chi connectivity index (χ0v) is 71.3. The standard InChI is InChI=1S/C16H18.2C14H12O.C14H14.C12H10S.C6H6.12C2H6/c1-11-5-12(2)8-15(7-11)16-9-13(3)6-14(4)10-16;2*15-14(13-9-5-2-6-10-13)11-12-7-3-1-4-8-12;1-11-5-3-7-13(9-11)14-8-4-6-12(2)10-14;1-3-7-11(8-4-1)13-12-9-5-2-6-10-12;1-2-4-6-5-3-1;12*1-2/h5-10H,1-4H3;2*1-10H,11H2;3-10H,1-2H3;1-10H;1-6H;12*1-2H3. The number of rotatable bonds is 10. The Balaban J connectivity index is -0.000000204. The zero-order valence-electron chi connectivity index (χ0n) is 70.5. The van der Waals surface area contributed by atoms with Crippen LogP contribution in [-0.4, -0.2) is 11.6 Å². The number of hydrogen-bond donors (Lipinski definition) is 0. The van der Waals surface area contributed by atoms with Crippen molar-refractivity contribution >= 4 is 23.3 Å². The van der Waals surface area contributed by atoms with Gasteiger partial charge in [0.1, 0.15) is 0 Å². The fraction of sp³-hybridized carbons (Fsp3) is 0.320. The summed E-state index contributed by atoms with van der Waals surface area (Å²) in [6.45, 7) is 60.9. The van der Waals surface area contributed by atoms with Crippen LogP contribution < -0.4 is 0 Å². The topological polar surface area (TPSA) is 34.1 Å². The van der Waals surface area contributed by atoms with Gasteiger partial charge in [-0.1, -0.05) is 490 Å². The van der Waals surface area contributed by atoms with Gasteiger partial charge in [-0.25, -0.2) is 0 Å². The van der Waals surface area contributed by atoms with E-state index in [1.165, 1.54) is 65.4 Å². The molecule has 0 saturated heterocycles. The van der Waals surface area contributed by atoms with E-state index in [4.69, 9.17) is 0 Å². The third-order valence-corrected chi connectivity index (χ3v) is 13.2. The first-order valence-corrected chi connectivity index (χ1v) is 39.6. The van der Waals surface area contributed by atoms with E-state index in [-0.39, 0.29) is 11.6 Å². The Hall–Kier alpha value is -8.89. The third kappa shape index (κ3) is 56.4. The number of carbonyl (C=O) groups is 2. The first-order chi connectivity index (χ1) is 50.5. The Kier molecular flexibility index (Phi) is 85.7. The maximum atomic E-state index is 11.8. The van der Waals surface area contributed by atoms with Crippen LogP contribution in [0.25, 0.3) is 22.3 Å². The van der Waals surface area contributed by atoms with Crippen molar-refractivity contribution in [3.63, 3.8) is 0 Å². The summed E-state index contributed by atoms with van der Waals surface area (Å²) in [7, 11) is 0. The fourth-order valence-corrected chi connectivity index (χ4v) is 9.30. The number of carbonyl (C=O) groups excluding carboxylic acids is 2. The van der Waals surface area contributed by atoms with Gasteiger partial charge >= 0.3 is 0 Å². The van der Waals surface area contributed by atoms with Crippen LogP contribution in [0.5, 0.6) is 0 Å². The lowest BCUT2D eigenvalue weighted by atomic mass is 9.98. The largest absolute Gasteiger partial charge is 0.294 e. The second kappa shape index (κ2) is 82.1. The van der Waals surface area contributed by atoms with Gasteiger partial charge in [0, 0.05) is 33.8 Å². The van der Waals surface area contributed by atoms with Crippen LogP contribution in [0.3, 0.4) is 0 Å². The summed E-state index contributed by atoms with van der Waals surface area (Å²) < 4.78 is 0. The van der Waals surface area contributed by atoms with Crippen LogP contribution in [0.1, 0.15) is 231 Å². The van der Waals surface area contributed by atoms with Crippen LogP contribution in [0.4, 0.5) is 0 Å². The van der Waals surface area contributed by atoms with Crippen molar-refractivity contribution in [1.29, 1.82) is 0 Å². The molecule has 0 saturated carbocycles. The van der Waals surface area contributed by atoms with Gasteiger partial charge in [-0.3, -0.25) is 9.59 Å².